The molecule has 1 saturated heterocycles. The lowest BCUT2D eigenvalue weighted by molar-refractivity contribution is -0.136. The average molecular weight is 381 g/mol. The zero-order valence-electron chi connectivity index (χ0n) is 13.5. The van der Waals surface area contributed by atoms with Gasteiger partial charge in [0, 0.05) is 30.0 Å². The highest BCUT2D eigenvalue weighted by Gasteiger charge is 2.25. The fourth-order valence-electron chi connectivity index (χ4n) is 2.67. The molecule has 0 bridgehead atoms. The van der Waals surface area contributed by atoms with E-state index < -0.39 is 0 Å². The van der Waals surface area contributed by atoms with Crippen LogP contribution in [0.1, 0.15) is 12.8 Å². The fraction of sp³-hybridized carbons (Fsp3) is 0.333. The van der Waals surface area contributed by atoms with E-state index in [1.54, 1.807) is 47.6 Å². The summed E-state index contributed by atoms with van der Waals surface area (Å²) in [5.41, 5.74) is 0. The molecule has 1 aliphatic heterocycles. The van der Waals surface area contributed by atoms with E-state index in [-0.39, 0.29) is 18.6 Å². The highest BCUT2D eigenvalue weighted by Crippen LogP contribution is 2.25. The zero-order valence-corrected chi connectivity index (χ0v) is 15.0. The van der Waals surface area contributed by atoms with Crippen LogP contribution in [-0.2, 0) is 4.79 Å². The van der Waals surface area contributed by atoms with Crippen molar-refractivity contribution in [2.75, 3.05) is 19.7 Å². The van der Waals surface area contributed by atoms with Gasteiger partial charge in [-0.1, -0.05) is 23.2 Å². The number of carbonyl (C=O) groups excluding carboxylic acids is 1. The molecule has 1 aliphatic rings. The Morgan fingerprint density at radius 3 is 2.80 bits per heavy atom. The van der Waals surface area contributed by atoms with Gasteiger partial charge in [0.05, 0.1) is 6.54 Å². The Morgan fingerprint density at radius 1 is 1.24 bits per heavy atom. The number of hydrogen-bond donors (Lipinski definition) is 0. The van der Waals surface area contributed by atoms with Gasteiger partial charge in [0.15, 0.2) is 6.61 Å². The van der Waals surface area contributed by atoms with E-state index in [0.29, 0.717) is 34.6 Å². The van der Waals surface area contributed by atoms with Crippen LogP contribution in [0.4, 0.5) is 0 Å². The van der Waals surface area contributed by atoms with E-state index in [1.807, 2.05) is 0 Å². The number of rotatable bonds is 5. The van der Waals surface area contributed by atoms with Crippen LogP contribution in [0.3, 0.4) is 0 Å². The van der Waals surface area contributed by atoms with Crippen LogP contribution in [0.25, 0.3) is 0 Å². The summed E-state index contributed by atoms with van der Waals surface area (Å²) in [6.45, 7) is 1.21. The third-order valence-electron chi connectivity index (χ3n) is 3.94. The first kappa shape index (κ1) is 17.8. The average Bonchev–Trinajstić information content (AvgIpc) is 2.63. The first-order chi connectivity index (χ1) is 12.1. The molecule has 1 aromatic heterocycles. The Hall–Kier alpha value is -1.98. The molecule has 0 spiro atoms. The van der Waals surface area contributed by atoms with Crippen molar-refractivity contribution in [1.29, 1.82) is 0 Å². The summed E-state index contributed by atoms with van der Waals surface area (Å²) in [7, 11) is 0. The van der Waals surface area contributed by atoms with Gasteiger partial charge in [-0.3, -0.25) is 9.78 Å². The number of halogens is 2. The maximum atomic E-state index is 12.4. The number of piperidine rings is 1. The third-order valence-corrected chi connectivity index (χ3v) is 4.47. The molecule has 3 rings (SSSR count). The number of nitrogens with zero attached hydrogens (tertiary/aromatic N) is 2. The number of hydrogen-bond acceptors (Lipinski definition) is 4. The predicted molar refractivity (Wildman–Crippen MR) is 96.4 cm³/mol. The highest BCUT2D eigenvalue weighted by atomic mass is 35.5. The number of amides is 1. The molecule has 132 valence electrons. The molecule has 0 radical (unpaired) electrons. The maximum Gasteiger partial charge on any atom is 0.260 e. The van der Waals surface area contributed by atoms with Crippen LogP contribution < -0.4 is 9.47 Å². The number of ether oxygens (including phenoxy) is 2. The zero-order chi connectivity index (χ0) is 17.6. The molecule has 25 heavy (non-hydrogen) atoms. The van der Waals surface area contributed by atoms with Crippen LogP contribution in [0, 0.1) is 0 Å². The summed E-state index contributed by atoms with van der Waals surface area (Å²) in [6, 6.07) is 8.66. The van der Waals surface area contributed by atoms with Gasteiger partial charge in [0.2, 0.25) is 0 Å². The Bertz CT molecular complexity index is 725. The standard InChI is InChI=1S/C18H18Cl2N2O3/c19-13-3-5-14(6-4-13)24-12-18(23)22-9-1-2-15(11-22)25-17-7-8-21-10-16(17)20/h3-8,10,15H,1-2,9,11-12H2. The molecule has 1 unspecified atom stereocenters. The Balaban J connectivity index is 1.52. The van der Waals surface area contributed by atoms with Crippen molar-refractivity contribution in [1.82, 2.24) is 9.88 Å². The molecule has 1 aromatic carbocycles. The summed E-state index contributed by atoms with van der Waals surface area (Å²) in [6.07, 6.45) is 4.84. The van der Waals surface area contributed by atoms with Crippen LogP contribution in [0.5, 0.6) is 11.5 Å². The topological polar surface area (TPSA) is 51.7 Å². The summed E-state index contributed by atoms with van der Waals surface area (Å²) >= 11 is 11.9. The maximum absolute atomic E-state index is 12.4. The second kappa shape index (κ2) is 8.41. The molecular formula is C18H18Cl2N2O3. The second-order valence-electron chi connectivity index (χ2n) is 5.77. The van der Waals surface area contributed by atoms with Crippen LogP contribution >= 0.6 is 23.2 Å². The lowest BCUT2D eigenvalue weighted by Crippen LogP contribution is -2.46. The van der Waals surface area contributed by atoms with Gasteiger partial charge in [0.25, 0.3) is 5.91 Å². The van der Waals surface area contributed by atoms with Crippen molar-refractivity contribution in [3.05, 3.63) is 52.8 Å². The SMILES string of the molecule is O=C(COc1ccc(Cl)cc1)N1CCCC(Oc2ccncc2Cl)C1. The lowest BCUT2D eigenvalue weighted by Gasteiger charge is -2.33. The lowest BCUT2D eigenvalue weighted by atomic mass is 10.1. The van der Waals surface area contributed by atoms with Gasteiger partial charge >= 0.3 is 0 Å². The normalized spacial score (nSPS) is 17.2. The van der Waals surface area contributed by atoms with Crippen molar-refractivity contribution in [2.24, 2.45) is 0 Å². The van der Waals surface area contributed by atoms with Crippen LogP contribution in [-0.4, -0.2) is 41.6 Å². The molecule has 5 nitrogen and oxygen atoms in total. The van der Waals surface area contributed by atoms with E-state index in [9.17, 15) is 4.79 Å². The van der Waals surface area contributed by atoms with Gasteiger partial charge in [-0.2, -0.15) is 0 Å². The summed E-state index contributed by atoms with van der Waals surface area (Å²) < 4.78 is 11.4. The molecular weight excluding hydrogens is 363 g/mol. The van der Waals surface area contributed by atoms with Gasteiger partial charge < -0.3 is 14.4 Å². The molecule has 2 heterocycles. The molecule has 0 saturated carbocycles. The van der Waals surface area contributed by atoms with Gasteiger partial charge in [-0.25, -0.2) is 0 Å². The van der Waals surface area contributed by atoms with E-state index >= 15 is 0 Å². The number of benzene rings is 1. The van der Waals surface area contributed by atoms with E-state index in [0.717, 1.165) is 12.8 Å². The van der Waals surface area contributed by atoms with Gasteiger partial charge in [-0.05, 0) is 37.1 Å². The second-order valence-corrected chi connectivity index (χ2v) is 6.61. The molecule has 7 heteroatoms. The van der Waals surface area contributed by atoms with E-state index in [1.165, 1.54) is 0 Å². The van der Waals surface area contributed by atoms with E-state index in [2.05, 4.69) is 4.98 Å². The number of aromatic nitrogens is 1. The molecule has 0 N–H and O–H groups in total. The quantitative estimate of drug-likeness (QED) is 0.790. The fourth-order valence-corrected chi connectivity index (χ4v) is 2.96. The Morgan fingerprint density at radius 2 is 2.04 bits per heavy atom. The molecule has 1 atom stereocenters. The number of likely N-dealkylation sites (tertiary alicyclic amines) is 1. The van der Waals surface area contributed by atoms with Gasteiger partial charge in [-0.15, -0.1) is 0 Å². The molecule has 2 aromatic rings. The predicted octanol–water partition coefficient (Wildman–Crippen LogP) is 3.84. The van der Waals surface area contributed by atoms with E-state index in [4.69, 9.17) is 32.7 Å². The van der Waals surface area contributed by atoms with Crippen molar-refractivity contribution in [2.45, 2.75) is 18.9 Å². The minimum Gasteiger partial charge on any atom is -0.487 e. The summed E-state index contributed by atoms with van der Waals surface area (Å²) in [5.74, 6) is 1.14. The van der Waals surface area contributed by atoms with Crippen LogP contribution in [0.15, 0.2) is 42.7 Å². The molecule has 0 aliphatic carbocycles. The largest absolute Gasteiger partial charge is 0.487 e. The molecule has 1 fully saturated rings. The first-order valence-electron chi connectivity index (χ1n) is 8.04. The summed E-state index contributed by atoms with van der Waals surface area (Å²) in [4.78, 5) is 18.1. The van der Waals surface area contributed by atoms with Crippen molar-refractivity contribution in [3.63, 3.8) is 0 Å². The third kappa shape index (κ3) is 5.00. The van der Waals surface area contributed by atoms with Crippen molar-refractivity contribution >= 4 is 29.1 Å². The monoisotopic (exact) mass is 380 g/mol. The summed E-state index contributed by atoms with van der Waals surface area (Å²) in [5, 5.41) is 1.10. The number of carbonyl (C=O) groups is 1. The van der Waals surface area contributed by atoms with Crippen molar-refractivity contribution in [3.8, 4) is 11.5 Å². The highest BCUT2D eigenvalue weighted by molar-refractivity contribution is 6.31. The van der Waals surface area contributed by atoms with Crippen LogP contribution in [0.2, 0.25) is 10.0 Å². The van der Waals surface area contributed by atoms with Crippen molar-refractivity contribution < 1.29 is 14.3 Å². The Kier molecular flexibility index (Phi) is 6.00. The first-order valence-corrected chi connectivity index (χ1v) is 8.80. The minimum absolute atomic E-state index is 0.00956. The molecule has 1 amide bonds. The minimum atomic E-state index is -0.0897. The van der Waals surface area contributed by atoms with Gasteiger partial charge in [0.1, 0.15) is 22.6 Å². The number of pyridine rings is 1. The Labute approximate surface area is 156 Å². The smallest absolute Gasteiger partial charge is 0.260 e.